The molecule has 1 fully saturated rings. The van der Waals surface area contributed by atoms with Crippen molar-refractivity contribution in [2.45, 2.75) is 25.5 Å². The second-order valence-corrected chi connectivity index (χ2v) is 3.06. The topological polar surface area (TPSA) is 30.5 Å². The van der Waals surface area contributed by atoms with Gasteiger partial charge in [0.1, 0.15) is 0 Å². The minimum absolute atomic E-state index is 0.116. The predicted molar refractivity (Wildman–Crippen MR) is 51.5 cm³/mol. The molecule has 3 heteroatoms. The number of rotatable bonds is 4. The van der Waals surface area contributed by atoms with Gasteiger partial charge in [-0.2, -0.15) is 0 Å². The van der Waals surface area contributed by atoms with Gasteiger partial charge < -0.3 is 14.8 Å². The number of terminal acetylenes is 1. The van der Waals surface area contributed by atoms with Crippen molar-refractivity contribution in [1.29, 1.82) is 0 Å². The van der Waals surface area contributed by atoms with Crippen LogP contribution in [-0.4, -0.2) is 38.5 Å². The quantitative estimate of drug-likeness (QED) is 0.640. The number of likely N-dealkylation sites (N-methyl/N-ethyl adjacent to an activating group) is 1. The van der Waals surface area contributed by atoms with E-state index < -0.39 is 0 Å². The van der Waals surface area contributed by atoms with Crippen LogP contribution in [0.3, 0.4) is 0 Å². The van der Waals surface area contributed by atoms with E-state index in [4.69, 9.17) is 15.9 Å². The van der Waals surface area contributed by atoms with E-state index in [1.54, 1.807) is 0 Å². The molecule has 1 aliphatic rings. The van der Waals surface area contributed by atoms with E-state index in [1.165, 1.54) is 0 Å². The summed E-state index contributed by atoms with van der Waals surface area (Å²) in [6.07, 6.45) is 6.09. The summed E-state index contributed by atoms with van der Waals surface area (Å²) in [5, 5.41) is 3.31. The first-order valence-electron chi connectivity index (χ1n) is 4.74. The lowest BCUT2D eigenvalue weighted by Crippen LogP contribution is -2.46. The number of ether oxygens (including phenoxy) is 2. The smallest absolute Gasteiger partial charge is 0.0971 e. The van der Waals surface area contributed by atoms with Gasteiger partial charge in [0, 0.05) is 12.5 Å². The summed E-state index contributed by atoms with van der Waals surface area (Å²) in [7, 11) is 0. The molecule has 2 unspecified atom stereocenters. The molecule has 2 atom stereocenters. The van der Waals surface area contributed by atoms with Crippen LogP contribution >= 0.6 is 0 Å². The highest BCUT2D eigenvalue weighted by Crippen LogP contribution is 2.08. The zero-order valence-corrected chi connectivity index (χ0v) is 8.08. The Hall–Kier alpha value is -0.560. The summed E-state index contributed by atoms with van der Waals surface area (Å²) in [6, 6.07) is 0.232. The van der Waals surface area contributed by atoms with Crippen molar-refractivity contribution in [1.82, 2.24) is 5.32 Å². The molecule has 0 bridgehead atoms. The van der Waals surface area contributed by atoms with Gasteiger partial charge in [-0.15, -0.1) is 12.3 Å². The second kappa shape index (κ2) is 5.98. The highest BCUT2D eigenvalue weighted by Gasteiger charge is 2.23. The molecule has 0 aromatic carbocycles. The third kappa shape index (κ3) is 3.35. The molecule has 0 aromatic rings. The van der Waals surface area contributed by atoms with Crippen molar-refractivity contribution in [2.75, 3.05) is 26.4 Å². The molecular weight excluding hydrogens is 166 g/mol. The van der Waals surface area contributed by atoms with Gasteiger partial charge in [-0.05, 0) is 6.54 Å². The van der Waals surface area contributed by atoms with Crippen LogP contribution in [0.15, 0.2) is 0 Å². The fourth-order valence-corrected chi connectivity index (χ4v) is 1.46. The molecule has 0 saturated carbocycles. The lowest BCUT2D eigenvalue weighted by molar-refractivity contribution is -0.100. The third-order valence-electron chi connectivity index (χ3n) is 2.09. The Bertz CT molecular complexity index is 170. The Kier molecular flexibility index (Phi) is 4.84. The Balaban J connectivity index is 2.37. The molecule has 0 amide bonds. The SMILES string of the molecule is C#CCC(NCC)C1COCCO1. The number of hydrogen-bond donors (Lipinski definition) is 1. The highest BCUT2D eigenvalue weighted by molar-refractivity contribution is 4.93. The molecule has 3 nitrogen and oxygen atoms in total. The maximum absolute atomic E-state index is 5.56. The van der Waals surface area contributed by atoms with Gasteiger partial charge in [0.05, 0.1) is 25.9 Å². The van der Waals surface area contributed by atoms with Gasteiger partial charge in [-0.3, -0.25) is 0 Å². The van der Waals surface area contributed by atoms with E-state index in [1.807, 2.05) is 0 Å². The van der Waals surface area contributed by atoms with Crippen LogP contribution in [0.4, 0.5) is 0 Å². The molecule has 0 radical (unpaired) electrons. The summed E-state index contributed by atoms with van der Waals surface area (Å²) in [5.74, 6) is 2.65. The predicted octanol–water partition coefficient (Wildman–Crippen LogP) is 0.403. The van der Waals surface area contributed by atoms with Crippen molar-refractivity contribution in [2.24, 2.45) is 0 Å². The minimum Gasteiger partial charge on any atom is -0.376 e. The molecule has 1 saturated heterocycles. The Morgan fingerprint density at radius 2 is 2.46 bits per heavy atom. The summed E-state index contributed by atoms with van der Waals surface area (Å²) in [4.78, 5) is 0. The van der Waals surface area contributed by atoms with Gasteiger partial charge >= 0.3 is 0 Å². The molecule has 13 heavy (non-hydrogen) atoms. The van der Waals surface area contributed by atoms with E-state index in [2.05, 4.69) is 18.2 Å². The van der Waals surface area contributed by atoms with Gasteiger partial charge in [-0.25, -0.2) is 0 Å². The lowest BCUT2D eigenvalue weighted by Gasteiger charge is -2.29. The van der Waals surface area contributed by atoms with Crippen LogP contribution in [0, 0.1) is 12.3 Å². The first-order chi connectivity index (χ1) is 6.38. The standard InChI is InChI=1S/C10H17NO2/c1-3-5-9(11-4-2)10-8-12-6-7-13-10/h1,9-11H,4-8H2,2H3. The second-order valence-electron chi connectivity index (χ2n) is 3.06. The zero-order valence-electron chi connectivity index (χ0n) is 8.08. The Morgan fingerprint density at radius 1 is 1.62 bits per heavy atom. The fourth-order valence-electron chi connectivity index (χ4n) is 1.46. The summed E-state index contributed by atoms with van der Waals surface area (Å²) < 4.78 is 10.9. The van der Waals surface area contributed by atoms with Crippen LogP contribution < -0.4 is 5.32 Å². The van der Waals surface area contributed by atoms with Crippen LogP contribution in [0.2, 0.25) is 0 Å². The van der Waals surface area contributed by atoms with Crippen molar-refractivity contribution < 1.29 is 9.47 Å². The molecule has 1 N–H and O–H groups in total. The maximum Gasteiger partial charge on any atom is 0.0971 e. The summed E-state index contributed by atoms with van der Waals surface area (Å²) in [6.45, 7) is 5.00. The monoisotopic (exact) mass is 183 g/mol. The summed E-state index contributed by atoms with van der Waals surface area (Å²) >= 11 is 0. The molecule has 74 valence electrons. The largest absolute Gasteiger partial charge is 0.376 e. The fraction of sp³-hybridized carbons (Fsp3) is 0.800. The molecule has 1 rings (SSSR count). The van der Waals surface area contributed by atoms with Gasteiger partial charge in [0.15, 0.2) is 0 Å². The molecule has 0 spiro atoms. The summed E-state index contributed by atoms with van der Waals surface area (Å²) in [5.41, 5.74) is 0. The third-order valence-corrected chi connectivity index (χ3v) is 2.09. The van der Waals surface area contributed by atoms with E-state index in [9.17, 15) is 0 Å². The van der Waals surface area contributed by atoms with Crippen LogP contribution in [-0.2, 0) is 9.47 Å². The molecule has 0 aliphatic carbocycles. The van der Waals surface area contributed by atoms with Gasteiger partial charge in [0.2, 0.25) is 0 Å². The molecule has 1 aliphatic heterocycles. The van der Waals surface area contributed by atoms with E-state index in [0.29, 0.717) is 26.2 Å². The average molecular weight is 183 g/mol. The van der Waals surface area contributed by atoms with E-state index in [-0.39, 0.29) is 12.1 Å². The average Bonchev–Trinajstić information content (AvgIpc) is 2.19. The van der Waals surface area contributed by atoms with Gasteiger partial charge in [0.25, 0.3) is 0 Å². The van der Waals surface area contributed by atoms with Crippen molar-refractivity contribution in [3.8, 4) is 12.3 Å². The lowest BCUT2D eigenvalue weighted by atomic mass is 10.1. The maximum atomic E-state index is 5.56. The van der Waals surface area contributed by atoms with Crippen molar-refractivity contribution >= 4 is 0 Å². The first kappa shape index (κ1) is 10.5. The highest BCUT2D eigenvalue weighted by atomic mass is 16.6. The number of nitrogens with one attached hydrogen (secondary N) is 1. The zero-order chi connectivity index (χ0) is 9.52. The normalized spacial score (nSPS) is 25.1. The molecule has 1 heterocycles. The molecule has 0 aromatic heterocycles. The molecular formula is C10H17NO2. The van der Waals surface area contributed by atoms with Crippen LogP contribution in [0.25, 0.3) is 0 Å². The van der Waals surface area contributed by atoms with Crippen molar-refractivity contribution in [3.63, 3.8) is 0 Å². The minimum atomic E-state index is 0.116. The Labute approximate surface area is 79.8 Å². The van der Waals surface area contributed by atoms with Crippen LogP contribution in [0.1, 0.15) is 13.3 Å². The number of hydrogen-bond acceptors (Lipinski definition) is 3. The van der Waals surface area contributed by atoms with E-state index in [0.717, 1.165) is 6.54 Å². The van der Waals surface area contributed by atoms with E-state index >= 15 is 0 Å². The van der Waals surface area contributed by atoms with Crippen LogP contribution in [0.5, 0.6) is 0 Å². The Morgan fingerprint density at radius 3 is 3.00 bits per heavy atom. The van der Waals surface area contributed by atoms with Crippen molar-refractivity contribution in [3.05, 3.63) is 0 Å². The first-order valence-corrected chi connectivity index (χ1v) is 4.74. The van der Waals surface area contributed by atoms with Gasteiger partial charge in [-0.1, -0.05) is 6.92 Å².